The van der Waals surface area contributed by atoms with Crippen molar-refractivity contribution in [1.82, 2.24) is 0 Å². The van der Waals surface area contributed by atoms with Crippen molar-refractivity contribution in [3.05, 3.63) is 52.3 Å². The molecule has 0 radical (unpaired) electrons. The molecule has 0 fully saturated rings. The molecule has 4 heteroatoms. The van der Waals surface area contributed by atoms with Crippen molar-refractivity contribution in [2.24, 2.45) is 0 Å². The largest absolute Gasteiger partial charge is 0.398 e. The number of rotatable bonds is 1. The van der Waals surface area contributed by atoms with Gasteiger partial charge in [-0.05, 0) is 24.3 Å². The monoisotopic (exact) mass is 255 g/mol. The molecule has 2 aromatic rings. The van der Waals surface area contributed by atoms with E-state index < -0.39 is 0 Å². The topological polar surface area (TPSA) is 26.0 Å². The highest BCUT2D eigenvalue weighted by atomic mass is 35.5. The smallest absolute Gasteiger partial charge is 0.123 e. The molecule has 0 unspecified atom stereocenters. The lowest BCUT2D eigenvalue weighted by molar-refractivity contribution is 0.628. The molecule has 2 N–H and O–H groups in total. The summed E-state index contributed by atoms with van der Waals surface area (Å²) < 4.78 is 13.1. The van der Waals surface area contributed by atoms with Crippen molar-refractivity contribution in [1.29, 1.82) is 0 Å². The van der Waals surface area contributed by atoms with E-state index in [1.165, 1.54) is 18.2 Å². The van der Waals surface area contributed by atoms with Crippen LogP contribution < -0.4 is 5.73 Å². The van der Waals surface area contributed by atoms with E-state index in [0.717, 1.165) is 0 Å². The second-order valence-corrected chi connectivity index (χ2v) is 4.12. The van der Waals surface area contributed by atoms with Gasteiger partial charge in [-0.2, -0.15) is 0 Å². The zero-order valence-electron chi connectivity index (χ0n) is 8.18. The number of nitrogen functional groups attached to an aromatic ring is 1. The number of halogens is 3. The van der Waals surface area contributed by atoms with Gasteiger partial charge in [0.05, 0.1) is 10.0 Å². The summed E-state index contributed by atoms with van der Waals surface area (Å²) in [5, 5.41) is 0.796. The van der Waals surface area contributed by atoms with Crippen LogP contribution >= 0.6 is 23.2 Å². The average molecular weight is 256 g/mol. The summed E-state index contributed by atoms with van der Waals surface area (Å²) in [6, 6.07) is 9.31. The highest BCUT2D eigenvalue weighted by Gasteiger charge is 2.10. The standard InChI is InChI=1S/C12H8Cl2FN/c13-10-3-1-2-8(12(10)14)9-6-7(15)4-5-11(9)16/h1-6H,16H2. The number of nitrogens with two attached hydrogens (primary N) is 1. The van der Waals surface area contributed by atoms with E-state index >= 15 is 0 Å². The van der Waals surface area contributed by atoms with Crippen molar-refractivity contribution in [2.45, 2.75) is 0 Å². The van der Waals surface area contributed by atoms with E-state index in [1.54, 1.807) is 18.2 Å². The van der Waals surface area contributed by atoms with E-state index in [0.29, 0.717) is 26.9 Å². The van der Waals surface area contributed by atoms with Gasteiger partial charge in [-0.1, -0.05) is 35.3 Å². The summed E-state index contributed by atoms with van der Waals surface area (Å²) in [5.74, 6) is -0.361. The third-order valence-corrected chi connectivity index (χ3v) is 3.08. The van der Waals surface area contributed by atoms with E-state index in [9.17, 15) is 4.39 Å². The van der Waals surface area contributed by atoms with E-state index in [2.05, 4.69) is 0 Å². The fourth-order valence-corrected chi connectivity index (χ4v) is 1.88. The fraction of sp³-hybridized carbons (Fsp3) is 0. The maximum Gasteiger partial charge on any atom is 0.123 e. The van der Waals surface area contributed by atoms with Gasteiger partial charge >= 0.3 is 0 Å². The molecule has 0 aromatic heterocycles. The van der Waals surface area contributed by atoms with Crippen LogP contribution in [0, 0.1) is 5.82 Å². The normalized spacial score (nSPS) is 10.4. The van der Waals surface area contributed by atoms with E-state index in [1.807, 2.05) is 0 Å². The predicted molar refractivity (Wildman–Crippen MR) is 66.3 cm³/mol. The Morgan fingerprint density at radius 2 is 1.75 bits per heavy atom. The Labute approximate surface area is 103 Å². The van der Waals surface area contributed by atoms with E-state index in [-0.39, 0.29) is 5.82 Å². The van der Waals surface area contributed by atoms with Crippen LogP contribution in [0.15, 0.2) is 36.4 Å². The number of anilines is 1. The molecule has 0 saturated carbocycles. The lowest BCUT2D eigenvalue weighted by Crippen LogP contribution is -1.91. The summed E-state index contributed by atoms with van der Waals surface area (Å²) in [6.45, 7) is 0. The molecule has 16 heavy (non-hydrogen) atoms. The average Bonchev–Trinajstić information content (AvgIpc) is 2.26. The quantitative estimate of drug-likeness (QED) is 0.752. The predicted octanol–water partition coefficient (Wildman–Crippen LogP) is 4.38. The maximum atomic E-state index is 13.1. The first-order chi connectivity index (χ1) is 7.59. The van der Waals surface area contributed by atoms with Crippen molar-refractivity contribution in [2.75, 3.05) is 5.73 Å². The molecule has 0 aliphatic carbocycles. The van der Waals surface area contributed by atoms with Gasteiger partial charge in [0.1, 0.15) is 5.82 Å². The highest BCUT2D eigenvalue weighted by Crippen LogP contribution is 2.36. The second kappa shape index (κ2) is 4.32. The summed E-state index contributed by atoms with van der Waals surface area (Å²) in [5.41, 5.74) is 7.41. The molecule has 82 valence electrons. The Balaban J connectivity index is 2.67. The van der Waals surface area contributed by atoms with Gasteiger partial charge < -0.3 is 5.73 Å². The third kappa shape index (κ3) is 1.99. The van der Waals surface area contributed by atoms with Crippen molar-refractivity contribution in [3.63, 3.8) is 0 Å². The Hall–Kier alpha value is -1.25. The molecule has 0 spiro atoms. The molecule has 1 nitrogen and oxygen atoms in total. The molecule has 0 saturated heterocycles. The third-order valence-electron chi connectivity index (χ3n) is 2.26. The second-order valence-electron chi connectivity index (χ2n) is 3.33. The van der Waals surface area contributed by atoms with Crippen LogP contribution in [0.2, 0.25) is 10.0 Å². The Morgan fingerprint density at radius 3 is 2.50 bits per heavy atom. The minimum absolute atomic E-state index is 0.361. The van der Waals surface area contributed by atoms with Gasteiger partial charge in [0.2, 0.25) is 0 Å². The Bertz CT molecular complexity index is 541. The Kier molecular flexibility index (Phi) is 3.03. The van der Waals surface area contributed by atoms with Crippen LogP contribution in [0.3, 0.4) is 0 Å². The van der Waals surface area contributed by atoms with Crippen LogP contribution in [0.4, 0.5) is 10.1 Å². The van der Waals surface area contributed by atoms with E-state index in [4.69, 9.17) is 28.9 Å². The number of hydrogen-bond acceptors (Lipinski definition) is 1. The molecule has 2 aromatic carbocycles. The van der Waals surface area contributed by atoms with Crippen LogP contribution in [-0.2, 0) is 0 Å². The molecule has 0 atom stereocenters. The van der Waals surface area contributed by atoms with Gasteiger partial charge in [0, 0.05) is 16.8 Å². The maximum absolute atomic E-state index is 13.1. The lowest BCUT2D eigenvalue weighted by atomic mass is 10.0. The summed E-state index contributed by atoms with van der Waals surface area (Å²) in [7, 11) is 0. The zero-order chi connectivity index (χ0) is 11.7. The first kappa shape index (κ1) is 11.2. The minimum Gasteiger partial charge on any atom is -0.398 e. The molecule has 0 aliphatic heterocycles. The molecule has 0 heterocycles. The molecular formula is C12H8Cl2FN. The summed E-state index contributed by atoms with van der Waals surface area (Å²) >= 11 is 11.9. The fourth-order valence-electron chi connectivity index (χ4n) is 1.47. The van der Waals surface area contributed by atoms with Gasteiger partial charge in [-0.15, -0.1) is 0 Å². The molecular weight excluding hydrogens is 248 g/mol. The van der Waals surface area contributed by atoms with Crippen LogP contribution in [0.25, 0.3) is 11.1 Å². The van der Waals surface area contributed by atoms with Crippen molar-refractivity contribution < 1.29 is 4.39 Å². The molecule has 0 aliphatic rings. The SMILES string of the molecule is Nc1ccc(F)cc1-c1cccc(Cl)c1Cl. The van der Waals surface area contributed by atoms with Gasteiger partial charge in [0.25, 0.3) is 0 Å². The van der Waals surface area contributed by atoms with Gasteiger partial charge in [-0.25, -0.2) is 4.39 Å². The van der Waals surface area contributed by atoms with Crippen molar-refractivity contribution >= 4 is 28.9 Å². The molecule has 0 bridgehead atoms. The van der Waals surface area contributed by atoms with Gasteiger partial charge in [-0.3, -0.25) is 0 Å². The number of benzene rings is 2. The zero-order valence-corrected chi connectivity index (χ0v) is 9.69. The van der Waals surface area contributed by atoms with Crippen LogP contribution in [0.1, 0.15) is 0 Å². The number of hydrogen-bond donors (Lipinski definition) is 1. The minimum atomic E-state index is -0.361. The Morgan fingerprint density at radius 1 is 1.00 bits per heavy atom. The van der Waals surface area contributed by atoms with Crippen molar-refractivity contribution in [3.8, 4) is 11.1 Å². The van der Waals surface area contributed by atoms with Gasteiger partial charge in [0.15, 0.2) is 0 Å². The summed E-state index contributed by atoms with van der Waals surface area (Å²) in [6.07, 6.45) is 0. The first-order valence-corrected chi connectivity index (χ1v) is 5.34. The molecule has 0 amide bonds. The van der Waals surface area contributed by atoms with Crippen LogP contribution in [0.5, 0.6) is 0 Å². The lowest BCUT2D eigenvalue weighted by Gasteiger charge is -2.08. The highest BCUT2D eigenvalue weighted by molar-refractivity contribution is 6.43. The van der Waals surface area contributed by atoms with Crippen LogP contribution in [-0.4, -0.2) is 0 Å². The summed E-state index contributed by atoms with van der Waals surface area (Å²) in [4.78, 5) is 0. The first-order valence-electron chi connectivity index (χ1n) is 4.59. The molecule has 2 rings (SSSR count).